The predicted molar refractivity (Wildman–Crippen MR) is 173 cm³/mol. The molecular formula is C36H66AcO8. The minimum atomic E-state index is -0.350. The van der Waals surface area contributed by atoms with Crippen LogP contribution in [-0.4, -0.2) is 82.4 Å². The zero-order valence-electron chi connectivity index (χ0n) is 30.1. The Bertz CT molecular complexity index is 829. The first-order valence-corrected chi connectivity index (χ1v) is 17.6. The van der Waals surface area contributed by atoms with Gasteiger partial charge in [0, 0.05) is 75.5 Å². The third kappa shape index (κ3) is 11.7. The van der Waals surface area contributed by atoms with Gasteiger partial charge in [0.15, 0.2) is 18.9 Å². The molecule has 1 radical (unpaired) electrons. The van der Waals surface area contributed by atoms with E-state index >= 15 is 0 Å². The van der Waals surface area contributed by atoms with E-state index < -0.39 is 0 Å². The number of methoxy groups -OCH3 is 1. The van der Waals surface area contributed by atoms with Crippen molar-refractivity contribution in [1.82, 2.24) is 0 Å². The molecule has 0 spiro atoms. The molecule has 0 aromatic heterocycles. The van der Waals surface area contributed by atoms with Crippen molar-refractivity contribution < 1.29 is 82.3 Å². The summed E-state index contributed by atoms with van der Waals surface area (Å²) in [5, 5.41) is 9.83. The van der Waals surface area contributed by atoms with Crippen LogP contribution in [0, 0.1) is 97.3 Å². The van der Waals surface area contributed by atoms with Gasteiger partial charge in [-0.15, -0.1) is 0 Å². The molecule has 3 aliphatic heterocycles. The van der Waals surface area contributed by atoms with Gasteiger partial charge in [0.1, 0.15) is 0 Å². The Morgan fingerprint density at radius 3 is 1.31 bits per heavy atom. The summed E-state index contributed by atoms with van der Waals surface area (Å²) in [6.45, 7) is 22.5. The van der Waals surface area contributed by atoms with Crippen molar-refractivity contribution in [2.45, 2.75) is 125 Å². The molecule has 0 saturated carbocycles. The first kappa shape index (κ1) is 42.0. The molecule has 9 heteroatoms. The smallest absolute Gasteiger partial charge is 0.160 e. The molecule has 3 saturated heterocycles. The molecule has 0 amide bonds. The fraction of sp³-hybridized carbons (Fsp3) is 0.944. The summed E-state index contributed by atoms with van der Waals surface area (Å²) in [5.74, 6) is 3.02. The number of unbranched alkanes of at least 4 members (excludes halogenated alkanes) is 2. The Balaban J connectivity index is 0.00000705. The molecular weight excluding hydrogens is 787 g/mol. The Morgan fingerprint density at radius 1 is 0.511 bits per heavy atom. The fourth-order valence-electron chi connectivity index (χ4n) is 6.98. The van der Waals surface area contributed by atoms with Crippen molar-refractivity contribution in [3.63, 3.8) is 0 Å². The van der Waals surface area contributed by atoms with E-state index in [9.17, 15) is 5.11 Å². The first-order valence-electron chi connectivity index (χ1n) is 17.6. The zero-order valence-corrected chi connectivity index (χ0v) is 34.8. The van der Waals surface area contributed by atoms with Crippen LogP contribution >= 0.6 is 0 Å². The first-order chi connectivity index (χ1) is 21.0. The molecule has 45 heavy (non-hydrogen) atoms. The van der Waals surface area contributed by atoms with Gasteiger partial charge in [-0.2, -0.15) is 0 Å². The topological polar surface area (TPSA) is 84.8 Å². The van der Waals surface area contributed by atoms with Crippen molar-refractivity contribution in [3.05, 3.63) is 12.2 Å². The summed E-state index contributed by atoms with van der Waals surface area (Å²) >= 11 is 0. The van der Waals surface area contributed by atoms with Gasteiger partial charge >= 0.3 is 0 Å². The molecule has 15 atom stereocenters. The Kier molecular flexibility index (Phi) is 19.8. The van der Waals surface area contributed by atoms with Crippen molar-refractivity contribution in [3.8, 4) is 0 Å². The molecule has 0 aromatic rings. The quantitative estimate of drug-likeness (QED) is 0.136. The van der Waals surface area contributed by atoms with Gasteiger partial charge in [-0.3, -0.25) is 0 Å². The number of rotatable bonds is 16. The minimum absolute atomic E-state index is 0. The molecule has 6 unspecified atom stereocenters. The predicted octanol–water partition coefficient (Wildman–Crippen LogP) is 6.69. The summed E-state index contributed by atoms with van der Waals surface area (Å²) in [6, 6.07) is 0. The Morgan fingerprint density at radius 2 is 0.889 bits per heavy atom. The standard InChI is InChI=1S/C36H66O8.Ac/c1-22-25(4)31(19-37)42-35(29(22)8)40-21-33-27(6)24(3)30(9)36(44-33)41-20-32-26(5)23(2)28(7)34(43-32)39-18-16-14-12-11-13-15-17-38-10;/h11-12,22-37H,13-21H2,1-10H3;/b12-11-;/t22-,23-,24-,25+,26+,27+,28?,29?,30?,31?,32?,33?,34+,35+,36+;/m0./s1. The van der Waals surface area contributed by atoms with E-state index in [0.29, 0.717) is 55.3 Å². The van der Waals surface area contributed by atoms with E-state index in [4.69, 9.17) is 33.2 Å². The van der Waals surface area contributed by atoms with Crippen molar-refractivity contribution in [1.29, 1.82) is 0 Å². The summed E-state index contributed by atoms with van der Waals surface area (Å²) in [6.07, 6.45) is 7.33. The van der Waals surface area contributed by atoms with Gasteiger partial charge in [-0.25, -0.2) is 0 Å². The zero-order chi connectivity index (χ0) is 32.4. The summed E-state index contributed by atoms with van der Waals surface area (Å²) < 4.78 is 43.6. The van der Waals surface area contributed by atoms with Crippen LogP contribution in [0.25, 0.3) is 0 Å². The van der Waals surface area contributed by atoms with E-state index in [1.165, 1.54) is 0 Å². The minimum Gasteiger partial charge on any atom is -0.394 e. The van der Waals surface area contributed by atoms with Crippen molar-refractivity contribution in [2.24, 2.45) is 53.3 Å². The molecule has 0 aromatic carbocycles. The van der Waals surface area contributed by atoms with Crippen LogP contribution in [0.4, 0.5) is 0 Å². The van der Waals surface area contributed by atoms with Gasteiger partial charge in [0.25, 0.3) is 0 Å². The maximum atomic E-state index is 9.83. The van der Waals surface area contributed by atoms with Crippen LogP contribution in [0.3, 0.4) is 0 Å². The fourth-order valence-corrected chi connectivity index (χ4v) is 6.98. The van der Waals surface area contributed by atoms with Crippen molar-refractivity contribution >= 4 is 0 Å². The SMILES string of the molecule is COCCC/C=C\CCCO[C@@H]1OC(CO[C@@H]2OC(CO[C@@H]3OC(CO)[C@H](C)[C@H](C)C3C)[C@H](C)[C@H](C)C2C)[C@H](C)[C@H](C)C1C.[Ac]. The molecule has 3 fully saturated rings. The second-order valence-corrected chi connectivity index (χ2v) is 14.3. The van der Waals surface area contributed by atoms with Gasteiger partial charge in [-0.1, -0.05) is 74.5 Å². The van der Waals surface area contributed by atoms with E-state index in [-0.39, 0.29) is 106 Å². The van der Waals surface area contributed by atoms with Gasteiger partial charge in [0.2, 0.25) is 0 Å². The maximum absolute atomic E-state index is 9.83. The molecule has 0 bridgehead atoms. The Hall–Kier alpha value is 0.862. The average molecular weight is 854 g/mol. The number of hydrogen-bond acceptors (Lipinski definition) is 8. The number of hydrogen-bond donors (Lipinski definition) is 1. The molecule has 261 valence electrons. The second kappa shape index (κ2) is 21.2. The molecule has 3 aliphatic rings. The number of aliphatic hydroxyl groups excluding tert-OH is 1. The third-order valence-corrected chi connectivity index (χ3v) is 11.7. The normalized spacial score (nSPS) is 42.5. The van der Waals surface area contributed by atoms with Crippen LogP contribution in [-0.2, 0) is 33.2 Å². The average Bonchev–Trinajstić information content (AvgIpc) is 3.02. The van der Waals surface area contributed by atoms with E-state index in [2.05, 4.69) is 74.5 Å². The monoisotopic (exact) mass is 854 g/mol. The van der Waals surface area contributed by atoms with Gasteiger partial charge in [-0.05, 0) is 61.2 Å². The molecule has 3 rings (SSSR count). The van der Waals surface area contributed by atoms with Crippen LogP contribution < -0.4 is 0 Å². The number of allylic oxidation sites excluding steroid dienone is 2. The largest absolute Gasteiger partial charge is 0.394 e. The number of ether oxygens (including phenoxy) is 7. The third-order valence-electron chi connectivity index (χ3n) is 11.7. The maximum Gasteiger partial charge on any atom is 0.160 e. The summed E-state index contributed by atoms with van der Waals surface area (Å²) in [5.41, 5.74) is 0. The summed E-state index contributed by atoms with van der Waals surface area (Å²) in [7, 11) is 1.75. The van der Waals surface area contributed by atoms with E-state index in [1.54, 1.807) is 7.11 Å². The Labute approximate surface area is 310 Å². The number of aliphatic hydroxyl groups is 1. The van der Waals surface area contributed by atoms with E-state index in [1.807, 2.05) is 0 Å². The summed E-state index contributed by atoms with van der Waals surface area (Å²) in [4.78, 5) is 0. The van der Waals surface area contributed by atoms with Crippen molar-refractivity contribution in [2.75, 3.05) is 40.1 Å². The van der Waals surface area contributed by atoms with Crippen LogP contribution in [0.1, 0.15) is 88.0 Å². The van der Waals surface area contributed by atoms with Crippen LogP contribution in [0.2, 0.25) is 0 Å². The molecule has 8 nitrogen and oxygen atoms in total. The van der Waals surface area contributed by atoms with Crippen LogP contribution in [0.5, 0.6) is 0 Å². The van der Waals surface area contributed by atoms with Gasteiger partial charge in [0.05, 0.1) is 44.7 Å². The van der Waals surface area contributed by atoms with Crippen LogP contribution in [0.15, 0.2) is 12.2 Å². The molecule has 1 N–H and O–H groups in total. The van der Waals surface area contributed by atoms with E-state index in [0.717, 1.165) is 32.3 Å². The molecule has 3 heterocycles. The molecule has 0 aliphatic carbocycles. The van der Waals surface area contributed by atoms with Gasteiger partial charge < -0.3 is 38.3 Å². The second-order valence-electron chi connectivity index (χ2n) is 14.3.